The van der Waals surface area contributed by atoms with Crippen LogP contribution in [0.2, 0.25) is 0 Å². The maximum atomic E-state index is 12.1. The maximum Gasteiger partial charge on any atom is 0.172 e. The number of hydrogen-bond acceptors (Lipinski definition) is 1. The van der Waals surface area contributed by atoms with Crippen molar-refractivity contribution in [2.24, 2.45) is 0 Å². The quantitative estimate of drug-likeness (QED) is 0.678. The van der Waals surface area contributed by atoms with Gasteiger partial charge in [0, 0.05) is 0 Å². The van der Waals surface area contributed by atoms with Crippen molar-refractivity contribution in [3.05, 3.63) is 59.7 Å². The number of Topliss-reactive ketones (excluding diaryl/α,β-unsaturated/α-hetero) is 1. The molecule has 0 N–H and O–H groups in total. The van der Waals surface area contributed by atoms with Crippen LogP contribution in [0, 0.1) is 0 Å². The highest BCUT2D eigenvalue weighted by atomic mass is 16.1. The summed E-state index contributed by atoms with van der Waals surface area (Å²) in [5.41, 5.74) is 1.39. The third kappa shape index (κ3) is 1.54. The summed E-state index contributed by atoms with van der Waals surface area (Å²) in [5.74, 6) is 0.191. The van der Waals surface area contributed by atoms with Crippen LogP contribution >= 0.6 is 0 Å². The van der Waals surface area contributed by atoms with Crippen LogP contribution < -0.4 is 0 Å². The zero-order valence-corrected chi connectivity index (χ0v) is 9.03. The molecule has 0 aromatic heterocycles. The largest absolute Gasteiger partial charge is 0.293 e. The van der Waals surface area contributed by atoms with E-state index in [-0.39, 0.29) is 5.78 Å². The lowest BCUT2D eigenvalue weighted by Gasteiger charge is -2.27. The molecular formula is C14H14O. The summed E-state index contributed by atoms with van der Waals surface area (Å²) in [5, 5.41) is 0. The van der Waals surface area contributed by atoms with Gasteiger partial charge in [0.1, 0.15) is 0 Å². The van der Waals surface area contributed by atoms with Gasteiger partial charge in [-0.2, -0.15) is 0 Å². The van der Waals surface area contributed by atoms with E-state index < -0.39 is 5.41 Å². The average molecular weight is 198 g/mol. The minimum Gasteiger partial charge on any atom is -0.293 e. The van der Waals surface area contributed by atoms with Crippen LogP contribution in [0.3, 0.4) is 0 Å². The summed E-state index contributed by atoms with van der Waals surface area (Å²) in [4.78, 5) is 12.1. The molecule has 0 radical (unpaired) electrons. The SMILES string of the molecule is CC1=CC=C[C@](C)(c2ccccc2)C1=O. The van der Waals surface area contributed by atoms with E-state index >= 15 is 0 Å². The van der Waals surface area contributed by atoms with Gasteiger partial charge in [-0.15, -0.1) is 0 Å². The molecule has 0 aliphatic heterocycles. The first-order chi connectivity index (χ1) is 7.14. The van der Waals surface area contributed by atoms with Crippen molar-refractivity contribution >= 4 is 5.78 Å². The van der Waals surface area contributed by atoms with Gasteiger partial charge in [-0.05, 0) is 25.0 Å². The summed E-state index contributed by atoms with van der Waals surface area (Å²) in [7, 11) is 0. The lowest BCUT2D eigenvalue weighted by Crippen LogP contribution is -2.32. The Morgan fingerprint density at radius 3 is 2.47 bits per heavy atom. The summed E-state index contributed by atoms with van der Waals surface area (Å²) >= 11 is 0. The number of hydrogen-bond donors (Lipinski definition) is 0. The molecule has 0 amide bonds. The highest BCUT2D eigenvalue weighted by molar-refractivity contribution is 6.05. The number of ketones is 1. The summed E-state index contributed by atoms with van der Waals surface area (Å²) < 4.78 is 0. The fourth-order valence-corrected chi connectivity index (χ4v) is 1.96. The number of carbonyl (C=O) groups excluding carboxylic acids is 1. The first kappa shape index (κ1) is 9.91. The van der Waals surface area contributed by atoms with Gasteiger partial charge < -0.3 is 0 Å². The van der Waals surface area contributed by atoms with Gasteiger partial charge >= 0.3 is 0 Å². The van der Waals surface area contributed by atoms with Crippen molar-refractivity contribution < 1.29 is 4.79 Å². The molecule has 0 bridgehead atoms. The van der Waals surface area contributed by atoms with Gasteiger partial charge in [-0.25, -0.2) is 0 Å². The van der Waals surface area contributed by atoms with Gasteiger partial charge in [0.15, 0.2) is 5.78 Å². The Morgan fingerprint density at radius 1 is 1.13 bits per heavy atom. The lowest BCUT2D eigenvalue weighted by molar-refractivity contribution is -0.118. The van der Waals surface area contributed by atoms with Gasteiger partial charge in [-0.3, -0.25) is 4.79 Å². The molecule has 0 saturated carbocycles. The fraction of sp³-hybridized carbons (Fsp3) is 0.214. The smallest absolute Gasteiger partial charge is 0.172 e. The monoisotopic (exact) mass is 198 g/mol. The van der Waals surface area contributed by atoms with Crippen molar-refractivity contribution in [3.8, 4) is 0 Å². The fourth-order valence-electron chi connectivity index (χ4n) is 1.96. The number of carbonyl (C=O) groups is 1. The van der Waals surface area contributed by atoms with Crippen molar-refractivity contribution in [1.82, 2.24) is 0 Å². The molecule has 1 aromatic rings. The molecule has 0 saturated heterocycles. The predicted octanol–water partition coefficient (Wildman–Crippen LogP) is 3.03. The molecule has 2 rings (SSSR count). The third-order valence-electron chi connectivity index (χ3n) is 2.98. The van der Waals surface area contributed by atoms with Crippen LogP contribution in [-0.2, 0) is 10.2 Å². The molecule has 15 heavy (non-hydrogen) atoms. The molecule has 1 heteroatoms. The predicted molar refractivity (Wildman–Crippen MR) is 61.7 cm³/mol. The molecule has 0 fully saturated rings. The topological polar surface area (TPSA) is 17.1 Å². The highest BCUT2D eigenvalue weighted by Gasteiger charge is 2.34. The molecule has 76 valence electrons. The van der Waals surface area contributed by atoms with Crippen LogP contribution in [0.5, 0.6) is 0 Å². The standard InChI is InChI=1S/C14H14O/c1-11-7-6-10-14(2,13(11)15)12-8-4-3-5-9-12/h3-10H,1-2H3/t14-/m1/s1. The second-order valence-electron chi connectivity index (χ2n) is 4.11. The van der Waals surface area contributed by atoms with Crippen molar-refractivity contribution in [2.45, 2.75) is 19.3 Å². The zero-order valence-electron chi connectivity index (χ0n) is 9.03. The van der Waals surface area contributed by atoms with E-state index in [1.807, 2.05) is 62.4 Å². The van der Waals surface area contributed by atoms with E-state index in [2.05, 4.69) is 0 Å². The molecule has 0 spiro atoms. The molecule has 0 unspecified atom stereocenters. The van der Waals surface area contributed by atoms with Crippen LogP contribution in [0.15, 0.2) is 54.1 Å². The first-order valence-corrected chi connectivity index (χ1v) is 5.11. The van der Waals surface area contributed by atoms with Crippen molar-refractivity contribution in [2.75, 3.05) is 0 Å². The average Bonchev–Trinajstić information content (AvgIpc) is 2.27. The van der Waals surface area contributed by atoms with E-state index in [4.69, 9.17) is 0 Å². The number of allylic oxidation sites excluding steroid dienone is 4. The number of benzene rings is 1. The summed E-state index contributed by atoms with van der Waals surface area (Å²) in [6.07, 6.45) is 5.80. The van der Waals surface area contributed by atoms with Gasteiger partial charge in [0.25, 0.3) is 0 Å². The Balaban J connectivity index is 2.49. The van der Waals surface area contributed by atoms with Gasteiger partial charge in [0.2, 0.25) is 0 Å². The van der Waals surface area contributed by atoms with E-state index in [0.717, 1.165) is 11.1 Å². The Labute approximate surface area is 90.1 Å². The molecule has 1 nitrogen and oxygen atoms in total. The van der Waals surface area contributed by atoms with E-state index in [1.54, 1.807) is 0 Å². The van der Waals surface area contributed by atoms with Crippen LogP contribution in [0.25, 0.3) is 0 Å². The molecule has 1 aromatic carbocycles. The molecule has 1 aliphatic carbocycles. The molecule has 1 aliphatic rings. The molecule has 0 heterocycles. The Kier molecular flexibility index (Phi) is 2.31. The van der Waals surface area contributed by atoms with E-state index in [9.17, 15) is 4.79 Å². The van der Waals surface area contributed by atoms with Gasteiger partial charge in [-0.1, -0.05) is 48.6 Å². The Morgan fingerprint density at radius 2 is 1.80 bits per heavy atom. The summed E-state index contributed by atoms with van der Waals surface area (Å²) in [6, 6.07) is 9.90. The van der Waals surface area contributed by atoms with Crippen LogP contribution in [0.4, 0.5) is 0 Å². The third-order valence-corrected chi connectivity index (χ3v) is 2.98. The molecular weight excluding hydrogens is 184 g/mol. The maximum absolute atomic E-state index is 12.1. The summed E-state index contributed by atoms with van der Waals surface area (Å²) in [6.45, 7) is 3.84. The minimum absolute atomic E-state index is 0.191. The van der Waals surface area contributed by atoms with Crippen molar-refractivity contribution in [3.63, 3.8) is 0 Å². The lowest BCUT2D eigenvalue weighted by atomic mass is 9.74. The first-order valence-electron chi connectivity index (χ1n) is 5.11. The highest BCUT2D eigenvalue weighted by Crippen LogP contribution is 2.31. The number of rotatable bonds is 1. The Hall–Kier alpha value is -1.63. The second kappa shape index (κ2) is 3.50. The second-order valence-corrected chi connectivity index (χ2v) is 4.11. The molecule has 1 atom stereocenters. The van der Waals surface area contributed by atoms with E-state index in [1.165, 1.54) is 0 Å². The Bertz CT molecular complexity index is 440. The van der Waals surface area contributed by atoms with Crippen LogP contribution in [-0.4, -0.2) is 5.78 Å². The zero-order chi connectivity index (χ0) is 10.9. The van der Waals surface area contributed by atoms with Gasteiger partial charge in [0.05, 0.1) is 5.41 Å². The van der Waals surface area contributed by atoms with Crippen molar-refractivity contribution in [1.29, 1.82) is 0 Å². The van der Waals surface area contributed by atoms with Crippen LogP contribution in [0.1, 0.15) is 19.4 Å². The van der Waals surface area contributed by atoms with E-state index in [0.29, 0.717) is 0 Å². The normalized spacial score (nSPS) is 25.2. The minimum atomic E-state index is -0.486.